The highest BCUT2D eigenvalue weighted by Gasteiger charge is 2.36. The van der Waals surface area contributed by atoms with Gasteiger partial charge < -0.3 is 10.4 Å². The number of hydrogen-bond acceptors (Lipinski definition) is 3. The van der Waals surface area contributed by atoms with Crippen molar-refractivity contribution in [1.29, 1.82) is 0 Å². The van der Waals surface area contributed by atoms with E-state index in [9.17, 15) is 22.8 Å². The lowest BCUT2D eigenvalue weighted by Gasteiger charge is -2.16. The molecule has 1 atom stereocenters. The number of halogens is 3. The molecule has 0 heterocycles. The van der Waals surface area contributed by atoms with Gasteiger partial charge in [-0.1, -0.05) is 6.92 Å². The van der Waals surface area contributed by atoms with Crippen LogP contribution in [0.1, 0.15) is 19.8 Å². The van der Waals surface area contributed by atoms with Gasteiger partial charge in [-0.05, 0) is 12.2 Å². The maximum Gasteiger partial charge on any atom is 0.391 e. The second-order valence-electron chi connectivity index (χ2n) is 3.33. The fraction of sp³-hybridized carbons (Fsp3) is 0.778. The number of carboxylic acids is 1. The topological polar surface area (TPSA) is 66.4 Å². The zero-order valence-electron chi connectivity index (χ0n) is 9.21. The van der Waals surface area contributed by atoms with Crippen molar-refractivity contribution in [2.45, 2.75) is 32.0 Å². The van der Waals surface area contributed by atoms with Crippen molar-refractivity contribution in [3.8, 4) is 0 Å². The number of hydrogen-bond donors (Lipinski definition) is 2. The van der Waals surface area contributed by atoms with E-state index in [4.69, 9.17) is 5.11 Å². The van der Waals surface area contributed by atoms with Gasteiger partial charge in [-0.2, -0.15) is 24.9 Å². The van der Waals surface area contributed by atoms with Crippen LogP contribution in [0.2, 0.25) is 0 Å². The molecular weight excluding hydrogens is 259 g/mol. The molecule has 0 aromatic rings. The summed E-state index contributed by atoms with van der Waals surface area (Å²) in [5, 5.41) is 10.4. The average molecular weight is 273 g/mol. The van der Waals surface area contributed by atoms with Crippen LogP contribution in [0.5, 0.6) is 0 Å². The van der Waals surface area contributed by atoms with Crippen molar-refractivity contribution in [3.05, 3.63) is 0 Å². The number of nitrogens with one attached hydrogen (secondary N) is 1. The van der Waals surface area contributed by atoms with Gasteiger partial charge in [-0.3, -0.25) is 4.79 Å². The van der Waals surface area contributed by atoms with Crippen molar-refractivity contribution in [2.75, 3.05) is 11.5 Å². The monoisotopic (exact) mass is 273 g/mol. The van der Waals surface area contributed by atoms with E-state index in [2.05, 4.69) is 0 Å². The second kappa shape index (κ2) is 7.41. The summed E-state index contributed by atoms with van der Waals surface area (Å²) in [4.78, 5) is 21.7. The number of amides is 1. The molecule has 0 aromatic carbocycles. The van der Waals surface area contributed by atoms with Crippen molar-refractivity contribution in [3.63, 3.8) is 0 Å². The lowest BCUT2D eigenvalue weighted by Crippen LogP contribution is -2.44. The number of carbonyl (C=O) groups excluding carboxylic acids is 1. The first-order valence-electron chi connectivity index (χ1n) is 4.93. The van der Waals surface area contributed by atoms with Crippen LogP contribution in [-0.2, 0) is 9.59 Å². The molecule has 0 rings (SSSR count). The molecule has 0 fully saturated rings. The van der Waals surface area contributed by atoms with Gasteiger partial charge in [-0.25, -0.2) is 4.79 Å². The van der Waals surface area contributed by atoms with Gasteiger partial charge in [0, 0.05) is 0 Å². The molecule has 0 saturated heterocycles. The van der Waals surface area contributed by atoms with Crippen molar-refractivity contribution in [1.82, 2.24) is 5.32 Å². The Morgan fingerprint density at radius 3 is 2.41 bits per heavy atom. The highest BCUT2D eigenvalue weighted by Crippen LogP contribution is 2.21. The number of rotatable bonds is 7. The van der Waals surface area contributed by atoms with Gasteiger partial charge in [0.05, 0.1) is 12.2 Å². The summed E-state index contributed by atoms with van der Waals surface area (Å²) in [6.45, 7) is 1.90. The minimum Gasteiger partial charge on any atom is -0.480 e. The molecule has 0 radical (unpaired) electrons. The van der Waals surface area contributed by atoms with E-state index in [1.54, 1.807) is 0 Å². The number of thioether (sulfide) groups is 1. The average Bonchev–Trinajstić information content (AvgIpc) is 2.15. The molecule has 1 unspecified atom stereocenters. The number of carboxylic acid groups (broad SMARTS) is 1. The fourth-order valence-corrected chi connectivity index (χ4v) is 1.68. The molecule has 0 bridgehead atoms. The zero-order chi connectivity index (χ0) is 13.5. The Kier molecular flexibility index (Phi) is 7.01. The van der Waals surface area contributed by atoms with Crippen LogP contribution >= 0.6 is 11.8 Å². The van der Waals surface area contributed by atoms with E-state index in [0.717, 1.165) is 6.42 Å². The summed E-state index contributed by atoms with van der Waals surface area (Å²) < 4.78 is 36.0. The Labute approximate surface area is 101 Å². The third kappa shape index (κ3) is 8.84. The van der Waals surface area contributed by atoms with Crippen LogP contribution in [-0.4, -0.2) is 40.7 Å². The Bertz CT molecular complexity index is 271. The normalized spacial score (nSPS) is 13.2. The molecule has 0 aliphatic rings. The summed E-state index contributed by atoms with van der Waals surface area (Å²) in [7, 11) is 0. The third-order valence-electron chi connectivity index (χ3n) is 1.65. The van der Waals surface area contributed by atoms with Crippen LogP contribution in [0.15, 0.2) is 0 Å². The SMILES string of the molecule is CCCSCC(=O)NC(CC(F)(F)F)C(=O)O. The maximum atomic E-state index is 12.0. The Hall–Kier alpha value is -0.920. The van der Waals surface area contributed by atoms with Crippen LogP contribution in [0.3, 0.4) is 0 Å². The van der Waals surface area contributed by atoms with Crippen molar-refractivity contribution < 1.29 is 27.9 Å². The largest absolute Gasteiger partial charge is 0.480 e. The third-order valence-corrected chi connectivity index (χ3v) is 2.81. The molecule has 0 spiro atoms. The summed E-state index contributed by atoms with van der Waals surface area (Å²) in [6.07, 6.45) is -5.34. The molecule has 8 heteroatoms. The standard InChI is InChI=1S/C9H14F3NO3S/c1-2-3-17-5-7(14)13-6(8(15)16)4-9(10,11)12/h6H,2-5H2,1H3,(H,13,14)(H,15,16). The lowest BCUT2D eigenvalue weighted by molar-refractivity contribution is -0.159. The molecule has 0 aliphatic carbocycles. The van der Waals surface area contributed by atoms with Crippen LogP contribution in [0, 0.1) is 0 Å². The quantitative estimate of drug-likeness (QED) is 0.692. The Morgan fingerprint density at radius 2 is 2.00 bits per heavy atom. The van der Waals surface area contributed by atoms with Crippen LogP contribution < -0.4 is 5.32 Å². The first-order chi connectivity index (χ1) is 7.76. The van der Waals surface area contributed by atoms with Crippen molar-refractivity contribution >= 4 is 23.6 Å². The van der Waals surface area contributed by atoms with E-state index < -0.39 is 30.5 Å². The summed E-state index contributed by atoms with van der Waals surface area (Å²) in [6, 6.07) is -1.91. The molecule has 100 valence electrons. The smallest absolute Gasteiger partial charge is 0.391 e. The molecular formula is C9H14F3NO3S. The number of alkyl halides is 3. The molecule has 0 saturated carbocycles. The number of carbonyl (C=O) groups is 2. The minimum absolute atomic E-state index is 0.0323. The van der Waals surface area contributed by atoms with Gasteiger partial charge in [0.15, 0.2) is 0 Å². The molecule has 0 aliphatic heterocycles. The lowest BCUT2D eigenvalue weighted by atomic mass is 10.2. The molecule has 1 amide bonds. The van der Waals surface area contributed by atoms with Gasteiger partial charge in [0.1, 0.15) is 6.04 Å². The molecule has 0 aromatic heterocycles. The molecule has 4 nitrogen and oxygen atoms in total. The summed E-state index contributed by atoms with van der Waals surface area (Å²) in [5.41, 5.74) is 0. The highest BCUT2D eigenvalue weighted by molar-refractivity contribution is 7.99. The summed E-state index contributed by atoms with van der Waals surface area (Å²) >= 11 is 1.25. The first-order valence-corrected chi connectivity index (χ1v) is 6.08. The van der Waals surface area contributed by atoms with E-state index in [1.807, 2.05) is 12.2 Å². The predicted molar refractivity (Wildman–Crippen MR) is 57.9 cm³/mol. The second-order valence-corrected chi connectivity index (χ2v) is 4.44. The minimum atomic E-state index is -4.62. The zero-order valence-corrected chi connectivity index (χ0v) is 10.0. The maximum absolute atomic E-state index is 12.0. The Morgan fingerprint density at radius 1 is 1.41 bits per heavy atom. The van der Waals surface area contributed by atoms with E-state index in [1.165, 1.54) is 11.8 Å². The van der Waals surface area contributed by atoms with Crippen LogP contribution in [0.25, 0.3) is 0 Å². The number of aliphatic carboxylic acids is 1. The van der Waals surface area contributed by atoms with Gasteiger partial charge in [-0.15, -0.1) is 0 Å². The van der Waals surface area contributed by atoms with Crippen LogP contribution in [0.4, 0.5) is 13.2 Å². The van der Waals surface area contributed by atoms with Crippen molar-refractivity contribution in [2.24, 2.45) is 0 Å². The van der Waals surface area contributed by atoms with E-state index >= 15 is 0 Å². The molecule has 17 heavy (non-hydrogen) atoms. The van der Waals surface area contributed by atoms with E-state index in [-0.39, 0.29) is 5.75 Å². The molecule has 2 N–H and O–H groups in total. The fourth-order valence-electron chi connectivity index (χ4n) is 0.977. The Balaban J connectivity index is 4.17. The highest BCUT2D eigenvalue weighted by atomic mass is 32.2. The summed E-state index contributed by atoms with van der Waals surface area (Å²) in [5.74, 6) is -1.71. The van der Waals surface area contributed by atoms with Gasteiger partial charge >= 0.3 is 12.1 Å². The van der Waals surface area contributed by atoms with E-state index in [0.29, 0.717) is 5.75 Å². The van der Waals surface area contributed by atoms with Gasteiger partial charge in [0.2, 0.25) is 5.91 Å². The van der Waals surface area contributed by atoms with Gasteiger partial charge in [0.25, 0.3) is 0 Å². The predicted octanol–water partition coefficient (Wildman–Crippen LogP) is 1.65. The first kappa shape index (κ1) is 16.1.